The predicted molar refractivity (Wildman–Crippen MR) is 49.6 cm³/mol. The minimum absolute atomic E-state index is 0.784. The first-order valence-corrected chi connectivity index (χ1v) is 4.46. The summed E-state index contributed by atoms with van der Waals surface area (Å²) in [7, 11) is 0. The van der Waals surface area contributed by atoms with Crippen molar-refractivity contribution in [3.05, 3.63) is 12.3 Å². The Morgan fingerprint density at radius 1 is 1.27 bits per heavy atom. The normalized spacial score (nSPS) is 14.5. The molecule has 0 aliphatic carbocycles. The summed E-state index contributed by atoms with van der Waals surface area (Å²) in [5.41, 5.74) is 0. The van der Waals surface area contributed by atoms with Crippen molar-refractivity contribution in [1.29, 1.82) is 0 Å². The molecule has 0 aliphatic rings. The highest BCUT2D eigenvalue weighted by Crippen LogP contribution is 2.15. The number of allylic oxidation sites excluding steroid dienone is 1. The van der Waals surface area contributed by atoms with E-state index in [4.69, 9.17) is 5.11 Å². The van der Waals surface area contributed by atoms with Gasteiger partial charge in [-0.05, 0) is 31.1 Å². The molecular weight excluding hydrogens is 136 g/mol. The van der Waals surface area contributed by atoms with Gasteiger partial charge in [0.15, 0.2) is 0 Å². The van der Waals surface area contributed by atoms with Crippen LogP contribution in [0.15, 0.2) is 12.3 Å². The first-order valence-electron chi connectivity index (χ1n) is 4.46. The van der Waals surface area contributed by atoms with Crippen LogP contribution in [-0.2, 0) is 0 Å². The second-order valence-electron chi connectivity index (χ2n) is 3.70. The van der Waals surface area contributed by atoms with E-state index < -0.39 is 0 Å². The Kier molecular flexibility index (Phi) is 6.00. The van der Waals surface area contributed by atoms with Crippen molar-refractivity contribution in [3.63, 3.8) is 0 Å². The van der Waals surface area contributed by atoms with Crippen LogP contribution in [0.5, 0.6) is 0 Å². The third-order valence-corrected chi connectivity index (χ3v) is 1.81. The van der Waals surface area contributed by atoms with Gasteiger partial charge in [-0.1, -0.05) is 26.8 Å². The molecule has 1 unspecified atom stereocenters. The van der Waals surface area contributed by atoms with Crippen LogP contribution >= 0.6 is 0 Å². The highest BCUT2D eigenvalue weighted by atomic mass is 16.2. The van der Waals surface area contributed by atoms with Crippen LogP contribution in [0.2, 0.25) is 0 Å². The molecule has 1 atom stereocenters. The Morgan fingerprint density at radius 3 is 2.36 bits per heavy atom. The van der Waals surface area contributed by atoms with Gasteiger partial charge >= 0.3 is 0 Å². The zero-order valence-electron chi connectivity index (χ0n) is 7.88. The van der Waals surface area contributed by atoms with Gasteiger partial charge in [0.1, 0.15) is 0 Å². The van der Waals surface area contributed by atoms with Crippen LogP contribution in [-0.4, -0.2) is 5.11 Å². The molecular formula is C10H20O. The molecule has 0 aliphatic heterocycles. The Hall–Kier alpha value is -0.460. The second-order valence-corrected chi connectivity index (χ2v) is 3.70. The number of rotatable bonds is 5. The van der Waals surface area contributed by atoms with Gasteiger partial charge in [-0.2, -0.15) is 0 Å². The number of aliphatic hydroxyl groups is 1. The molecule has 0 amide bonds. The van der Waals surface area contributed by atoms with Gasteiger partial charge < -0.3 is 5.11 Å². The summed E-state index contributed by atoms with van der Waals surface area (Å²) in [5, 5.41) is 8.38. The number of hydrogen-bond acceptors (Lipinski definition) is 1. The van der Waals surface area contributed by atoms with E-state index in [-0.39, 0.29) is 0 Å². The smallest absolute Gasteiger partial charge is 0.0751 e. The fourth-order valence-corrected chi connectivity index (χ4v) is 1.38. The molecule has 1 nitrogen and oxygen atoms in total. The van der Waals surface area contributed by atoms with Crippen molar-refractivity contribution >= 4 is 0 Å². The lowest BCUT2D eigenvalue weighted by atomic mass is 9.95. The van der Waals surface area contributed by atoms with E-state index in [2.05, 4.69) is 20.8 Å². The quantitative estimate of drug-likeness (QED) is 0.604. The van der Waals surface area contributed by atoms with E-state index in [1.807, 2.05) is 6.08 Å². The zero-order valence-corrected chi connectivity index (χ0v) is 7.88. The molecule has 1 heteroatoms. The Labute approximate surface area is 70.1 Å². The highest BCUT2D eigenvalue weighted by molar-refractivity contribution is 4.72. The zero-order chi connectivity index (χ0) is 8.69. The summed E-state index contributed by atoms with van der Waals surface area (Å²) < 4.78 is 0. The van der Waals surface area contributed by atoms with Crippen LogP contribution in [0.1, 0.15) is 40.0 Å². The van der Waals surface area contributed by atoms with Crippen LogP contribution in [0.25, 0.3) is 0 Å². The van der Waals surface area contributed by atoms with Crippen molar-refractivity contribution in [2.45, 2.75) is 40.0 Å². The minimum atomic E-state index is 0.784. The van der Waals surface area contributed by atoms with E-state index in [9.17, 15) is 0 Å². The molecule has 66 valence electrons. The Bertz CT molecular complexity index is 105. The summed E-state index contributed by atoms with van der Waals surface area (Å²) in [4.78, 5) is 0. The van der Waals surface area contributed by atoms with Gasteiger partial charge in [0, 0.05) is 0 Å². The predicted octanol–water partition coefficient (Wildman–Crippen LogP) is 3.52. The largest absolute Gasteiger partial charge is 0.516 e. The molecule has 11 heavy (non-hydrogen) atoms. The van der Waals surface area contributed by atoms with Crippen molar-refractivity contribution in [3.8, 4) is 0 Å². The standard InChI is InChI=1S/C10H20O/c1-9(2)8-10(3)6-4-5-7-11/h5,7,9-11H,4,6,8H2,1-3H3/b7-5+. The van der Waals surface area contributed by atoms with Crippen molar-refractivity contribution in [2.75, 3.05) is 0 Å². The third kappa shape index (κ3) is 7.44. The molecule has 0 rings (SSSR count). The van der Waals surface area contributed by atoms with Crippen molar-refractivity contribution in [2.24, 2.45) is 11.8 Å². The van der Waals surface area contributed by atoms with Crippen molar-refractivity contribution < 1.29 is 5.11 Å². The maximum Gasteiger partial charge on any atom is 0.0751 e. The first-order chi connectivity index (χ1) is 5.16. The van der Waals surface area contributed by atoms with E-state index in [1.165, 1.54) is 12.8 Å². The van der Waals surface area contributed by atoms with E-state index in [1.54, 1.807) is 0 Å². The molecule has 0 spiro atoms. The maximum atomic E-state index is 8.38. The first kappa shape index (κ1) is 10.5. The van der Waals surface area contributed by atoms with Crippen LogP contribution in [0.3, 0.4) is 0 Å². The Balaban J connectivity index is 3.29. The lowest BCUT2D eigenvalue weighted by Crippen LogP contribution is -1.99. The summed E-state index contributed by atoms with van der Waals surface area (Å²) in [6.07, 6.45) is 6.44. The summed E-state index contributed by atoms with van der Waals surface area (Å²) >= 11 is 0. The van der Waals surface area contributed by atoms with Gasteiger partial charge in [0.05, 0.1) is 6.26 Å². The fraction of sp³-hybridized carbons (Fsp3) is 0.800. The third-order valence-electron chi connectivity index (χ3n) is 1.81. The number of aliphatic hydroxyl groups excluding tert-OH is 1. The van der Waals surface area contributed by atoms with Gasteiger partial charge in [-0.15, -0.1) is 0 Å². The molecule has 0 fully saturated rings. The monoisotopic (exact) mass is 156 g/mol. The molecule has 0 heterocycles. The number of hydrogen-bond donors (Lipinski definition) is 1. The molecule has 0 saturated carbocycles. The second kappa shape index (κ2) is 6.26. The fourth-order valence-electron chi connectivity index (χ4n) is 1.38. The molecule has 0 radical (unpaired) electrons. The van der Waals surface area contributed by atoms with Gasteiger partial charge in [-0.25, -0.2) is 0 Å². The summed E-state index contributed by atoms with van der Waals surface area (Å²) in [5.74, 6) is 1.58. The highest BCUT2D eigenvalue weighted by Gasteiger charge is 2.02. The Morgan fingerprint density at radius 2 is 1.91 bits per heavy atom. The molecule has 0 aromatic rings. The van der Waals surface area contributed by atoms with E-state index in [0.29, 0.717) is 0 Å². The minimum Gasteiger partial charge on any atom is -0.516 e. The maximum absolute atomic E-state index is 8.38. The van der Waals surface area contributed by atoms with E-state index in [0.717, 1.165) is 24.5 Å². The molecule has 0 aromatic carbocycles. The van der Waals surface area contributed by atoms with Gasteiger partial charge in [0.2, 0.25) is 0 Å². The van der Waals surface area contributed by atoms with Gasteiger partial charge in [0.25, 0.3) is 0 Å². The lowest BCUT2D eigenvalue weighted by molar-refractivity contribution is 0.414. The molecule has 0 bridgehead atoms. The van der Waals surface area contributed by atoms with E-state index >= 15 is 0 Å². The summed E-state index contributed by atoms with van der Waals surface area (Å²) in [6, 6.07) is 0. The topological polar surface area (TPSA) is 20.2 Å². The van der Waals surface area contributed by atoms with Gasteiger partial charge in [-0.3, -0.25) is 0 Å². The van der Waals surface area contributed by atoms with Crippen molar-refractivity contribution in [1.82, 2.24) is 0 Å². The molecule has 0 saturated heterocycles. The lowest BCUT2D eigenvalue weighted by Gasteiger charge is -2.11. The molecule has 1 N–H and O–H groups in total. The van der Waals surface area contributed by atoms with Crippen LogP contribution < -0.4 is 0 Å². The SMILES string of the molecule is CC(C)CC(C)CC/C=C/O. The van der Waals surface area contributed by atoms with Crippen LogP contribution in [0.4, 0.5) is 0 Å². The molecule has 0 aromatic heterocycles. The summed E-state index contributed by atoms with van der Waals surface area (Å²) in [6.45, 7) is 6.77. The average molecular weight is 156 g/mol. The average Bonchev–Trinajstić information content (AvgIpc) is 1.86. The van der Waals surface area contributed by atoms with Crippen LogP contribution in [0, 0.1) is 11.8 Å².